The summed E-state index contributed by atoms with van der Waals surface area (Å²) in [5, 5.41) is 11.0. The van der Waals surface area contributed by atoms with Crippen molar-refractivity contribution in [3.05, 3.63) is 112 Å². The number of hydrogen-bond acceptors (Lipinski definition) is 4. The molecule has 30 heavy (non-hydrogen) atoms. The Morgan fingerprint density at radius 1 is 0.733 bits per heavy atom. The van der Waals surface area contributed by atoms with Crippen molar-refractivity contribution in [2.24, 2.45) is 0 Å². The Kier molecular flexibility index (Phi) is 5.26. The Labute approximate surface area is 173 Å². The summed E-state index contributed by atoms with van der Waals surface area (Å²) < 4.78 is 0. The molecule has 0 unspecified atom stereocenters. The average Bonchev–Trinajstić information content (AvgIpc) is 3.24. The molecule has 0 N–H and O–H groups in total. The molecule has 7 nitrogen and oxygen atoms in total. The molecule has 150 valence electrons. The summed E-state index contributed by atoms with van der Waals surface area (Å²) in [5.41, 5.74) is 1.65. The zero-order valence-corrected chi connectivity index (χ0v) is 16.0. The van der Waals surface area contributed by atoms with E-state index in [2.05, 4.69) is 0 Å². The standard InChI is InChI=1S/C23H19N3O4/c27-22(18-7-3-1-4-8-18)24-15-16-25(23(28)19-9-5-2-6-10-19)21(24)17-11-13-20(14-12-17)26(29)30/h1-14,21H,15-16H2. The fraction of sp³-hybridized carbons (Fsp3) is 0.130. The van der Waals surface area contributed by atoms with Crippen molar-refractivity contribution in [2.75, 3.05) is 13.1 Å². The molecule has 7 heteroatoms. The molecule has 0 spiro atoms. The van der Waals surface area contributed by atoms with Crippen molar-refractivity contribution >= 4 is 17.5 Å². The van der Waals surface area contributed by atoms with Crippen LogP contribution in [0.2, 0.25) is 0 Å². The Bertz CT molecular complexity index is 1010. The van der Waals surface area contributed by atoms with Gasteiger partial charge in [-0.1, -0.05) is 36.4 Å². The van der Waals surface area contributed by atoms with Gasteiger partial charge in [0.1, 0.15) is 6.17 Å². The van der Waals surface area contributed by atoms with Crippen LogP contribution in [0.3, 0.4) is 0 Å². The summed E-state index contributed by atoms with van der Waals surface area (Å²) in [6.45, 7) is 0.738. The maximum atomic E-state index is 13.2. The van der Waals surface area contributed by atoms with E-state index in [-0.39, 0.29) is 17.5 Å². The molecule has 2 amide bonds. The first-order chi connectivity index (χ1) is 14.6. The van der Waals surface area contributed by atoms with Crippen molar-refractivity contribution in [2.45, 2.75) is 6.17 Å². The van der Waals surface area contributed by atoms with Gasteiger partial charge in [-0.25, -0.2) is 0 Å². The lowest BCUT2D eigenvalue weighted by atomic mass is 10.1. The molecule has 4 rings (SSSR count). The van der Waals surface area contributed by atoms with E-state index in [1.165, 1.54) is 12.1 Å². The number of carbonyl (C=O) groups excluding carboxylic acids is 2. The highest BCUT2D eigenvalue weighted by atomic mass is 16.6. The molecule has 0 atom stereocenters. The lowest BCUT2D eigenvalue weighted by molar-refractivity contribution is -0.384. The number of non-ortho nitro benzene ring substituents is 1. The molecule has 1 aliphatic rings. The summed E-state index contributed by atoms with van der Waals surface area (Å²) >= 11 is 0. The lowest BCUT2D eigenvalue weighted by Gasteiger charge is -2.30. The maximum absolute atomic E-state index is 13.2. The molecule has 0 aromatic heterocycles. The number of rotatable bonds is 4. The molecule has 3 aromatic carbocycles. The molecule has 0 saturated carbocycles. The van der Waals surface area contributed by atoms with Gasteiger partial charge in [-0.05, 0) is 42.0 Å². The summed E-state index contributed by atoms with van der Waals surface area (Å²) in [5.74, 6) is -0.385. The monoisotopic (exact) mass is 401 g/mol. The number of carbonyl (C=O) groups is 2. The molecule has 0 bridgehead atoms. The zero-order valence-electron chi connectivity index (χ0n) is 16.0. The van der Waals surface area contributed by atoms with Crippen LogP contribution in [0.5, 0.6) is 0 Å². The van der Waals surface area contributed by atoms with Crippen molar-refractivity contribution in [3.8, 4) is 0 Å². The van der Waals surface area contributed by atoms with Gasteiger partial charge in [0.25, 0.3) is 17.5 Å². The second kappa shape index (κ2) is 8.16. The number of nitro groups is 1. The number of hydrogen-bond donors (Lipinski definition) is 0. The SMILES string of the molecule is O=C(c1ccccc1)N1CCN(C(=O)c2ccccc2)C1c1ccc([N+](=O)[O-])cc1. The first-order valence-electron chi connectivity index (χ1n) is 9.52. The minimum Gasteiger partial charge on any atom is -0.312 e. The quantitative estimate of drug-likeness (QED) is 0.490. The number of nitrogens with zero attached hydrogens (tertiary/aromatic N) is 3. The first kappa shape index (κ1) is 19.3. The van der Waals surface area contributed by atoms with E-state index in [9.17, 15) is 19.7 Å². The van der Waals surface area contributed by atoms with Gasteiger partial charge >= 0.3 is 0 Å². The van der Waals surface area contributed by atoms with E-state index in [0.717, 1.165) is 0 Å². The summed E-state index contributed by atoms with van der Waals surface area (Å²) in [7, 11) is 0. The van der Waals surface area contributed by atoms with Gasteiger partial charge in [-0.2, -0.15) is 0 Å². The topological polar surface area (TPSA) is 83.8 Å². The van der Waals surface area contributed by atoms with Crippen LogP contribution in [0.25, 0.3) is 0 Å². The molecule has 0 radical (unpaired) electrons. The van der Waals surface area contributed by atoms with Gasteiger partial charge in [-0.15, -0.1) is 0 Å². The molecular formula is C23H19N3O4. The van der Waals surface area contributed by atoms with Crippen LogP contribution < -0.4 is 0 Å². The largest absolute Gasteiger partial charge is 0.312 e. The zero-order chi connectivity index (χ0) is 21.1. The first-order valence-corrected chi connectivity index (χ1v) is 9.52. The van der Waals surface area contributed by atoms with Crippen LogP contribution >= 0.6 is 0 Å². The smallest absolute Gasteiger partial charge is 0.269 e. The Morgan fingerprint density at radius 2 is 1.17 bits per heavy atom. The van der Waals surface area contributed by atoms with Crippen molar-refractivity contribution in [1.29, 1.82) is 0 Å². The van der Waals surface area contributed by atoms with E-state index >= 15 is 0 Å². The minimum atomic E-state index is -0.647. The Hall–Kier alpha value is -4.00. The third-order valence-electron chi connectivity index (χ3n) is 5.14. The lowest BCUT2D eigenvalue weighted by Crippen LogP contribution is -2.38. The number of benzene rings is 3. The van der Waals surface area contributed by atoms with Crippen molar-refractivity contribution in [1.82, 2.24) is 9.80 Å². The van der Waals surface area contributed by atoms with E-state index in [0.29, 0.717) is 29.8 Å². The van der Waals surface area contributed by atoms with Gasteiger partial charge in [0.2, 0.25) is 0 Å². The average molecular weight is 401 g/mol. The highest BCUT2D eigenvalue weighted by molar-refractivity contribution is 5.97. The van der Waals surface area contributed by atoms with E-state index in [1.807, 2.05) is 12.1 Å². The van der Waals surface area contributed by atoms with Crippen molar-refractivity contribution in [3.63, 3.8) is 0 Å². The second-order valence-corrected chi connectivity index (χ2v) is 6.95. The highest BCUT2D eigenvalue weighted by Gasteiger charge is 2.39. The van der Waals surface area contributed by atoms with Crippen LogP contribution in [0.4, 0.5) is 5.69 Å². The predicted octanol–water partition coefficient (Wildman–Crippen LogP) is 3.89. The predicted molar refractivity (Wildman–Crippen MR) is 111 cm³/mol. The molecule has 1 fully saturated rings. The van der Waals surface area contributed by atoms with Gasteiger partial charge in [0.15, 0.2) is 0 Å². The van der Waals surface area contributed by atoms with Crippen LogP contribution in [-0.4, -0.2) is 39.6 Å². The fourth-order valence-corrected chi connectivity index (χ4v) is 3.67. The molecule has 0 aliphatic carbocycles. The molecular weight excluding hydrogens is 382 g/mol. The van der Waals surface area contributed by atoms with E-state index < -0.39 is 11.1 Å². The normalized spacial score (nSPS) is 14.0. The fourth-order valence-electron chi connectivity index (χ4n) is 3.67. The van der Waals surface area contributed by atoms with E-state index in [1.54, 1.807) is 70.5 Å². The van der Waals surface area contributed by atoms with E-state index in [4.69, 9.17) is 0 Å². The number of nitro benzene ring substituents is 1. The van der Waals surface area contributed by atoms with Crippen LogP contribution in [0.1, 0.15) is 32.4 Å². The van der Waals surface area contributed by atoms with Crippen LogP contribution in [0.15, 0.2) is 84.9 Å². The maximum Gasteiger partial charge on any atom is 0.269 e. The molecule has 1 heterocycles. The van der Waals surface area contributed by atoms with Gasteiger partial charge in [0.05, 0.1) is 4.92 Å². The molecule has 3 aromatic rings. The number of amides is 2. The van der Waals surface area contributed by atoms with Crippen LogP contribution in [-0.2, 0) is 0 Å². The third kappa shape index (κ3) is 3.65. The van der Waals surface area contributed by atoms with Gasteiger partial charge in [-0.3, -0.25) is 19.7 Å². The van der Waals surface area contributed by atoms with Crippen LogP contribution in [0, 0.1) is 10.1 Å². The van der Waals surface area contributed by atoms with Crippen molar-refractivity contribution < 1.29 is 14.5 Å². The molecule has 1 saturated heterocycles. The van der Waals surface area contributed by atoms with Gasteiger partial charge < -0.3 is 9.80 Å². The summed E-state index contributed by atoms with van der Waals surface area (Å²) in [4.78, 5) is 40.2. The second-order valence-electron chi connectivity index (χ2n) is 6.95. The van der Waals surface area contributed by atoms with Gasteiger partial charge in [0, 0.05) is 36.3 Å². The summed E-state index contributed by atoms with van der Waals surface area (Å²) in [6, 6.07) is 23.7. The molecule has 1 aliphatic heterocycles. The highest BCUT2D eigenvalue weighted by Crippen LogP contribution is 2.33. The Balaban J connectivity index is 1.72. The minimum absolute atomic E-state index is 0.0429. The third-order valence-corrected chi connectivity index (χ3v) is 5.14. The summed E-state index contributed by atoms with van der Waals surface area (Å²) in [6.07, 6.45) is -0.647. The Morgan fingerprint density at radius 3 is 1.57 bits per heavy atom.